The highest BCUT2D eigenvalue weighted by Gasteiger charge is 2.48. The van der Waals surface area contributed by atoms with Gasteiger partial charge in [0.15, 0.2) is 5.92 Å². The Bertz CT molecular complexity index is 936. The Kier molecular flexibility index (Phi) is 5.71. The summed E-state index contributed by atoms with van der Waals surface area (Å²) in [5, 5.41) is 10.8. The fraction of sp³-hybridized carbons (Fsp3) is 0.333. The van der Waals surface area contributed by atoms with Gasteiger partial charge < -0.3 is 4.74 Å². The molecule has 0 spiro atoms. The number of imide groups is 1. The lowest BCUT2D eigenvalue weighted by Crippen LogP contribution is -2.52. The van der Waals surface area contributed by atoms with Crippen LogP contribution in [0.5, 0.6) is 0 Å². The van der Waals surface area contributed by atoms with Crippen LogP contribution in [-0.4, -0.2) is 66.2 Å². The number of urea groups is 1. The molecule has 0 saturated heterocycles. The summed E-state index contributed by atoms with van der Waals surface area (Å²) in [5.74, 6) is -0.118. The minimum absolute atomic E-state index is 0.0256. The van der Waals surface area contributed by atoms with E-state index >= 15 is 0 Å². The molecule has 0 radical (unpaired) electrons. The lowest BCUT2D eigenvalue weighted by atomic mass is 9.98. The molecule has 28 heavy (non-hydrogen) atoms. The number of dihydropyridines is 1. The van der Waals surface area contributed by atoms with Gasteiger partial charge in [0, 0.05) is 35.5 Å². The maximum Gasteiger partial charge on any atom is 0.445 e. The molecule has 1 aromatic carbocycles. The summed E-state index contributed by atoms with van der Waals surface area (Å²) in [6.45, 7) is 0.282. The van der Waals surface area contributed by atoms with Crippen LogP contribution in [0.2, 0.25) is 0 Å². The Morgan fingerprint density at radius 3 is 2.61 bits per heavy atom. The average Bonchev–Trinajstić information content (AvgIpc) is 2.69. The van der Waals surface area contributed by atoms with Crippen LogP contribution in [-0.2, 0) is 15.3 Å². The number of thioether (sulfide) groups is 1. The van der Waals surface area contributed by atoms with Crippen LogP contribution in [0.25, 0.3) is 0 Å². The number of ether oxygens (including phenoxy) is 1. The standard InChI is InChI=1S/C18H19N4O5S/c1-20-16-14(17(23)21(2)18(20)24)15(12(8-19-16)9-27-3)28-10-11-4-6-13(7-5-11)22(25)26/h4-8,14H,9-10H2,1-3H3/q+1. The molecular formula is C18H19N4O5S+. The van der Waals surface area contributed by atoms with E-state index in [-0.39, 0.29) is 18.2 Å². The molecule has 2 heterocycles. The van der Waals surface area contributed by atoms with E-state index in [2.05, 4.69) is 4.99 Å². The summed E-state index contributed by atoms with van der Waals surface area (Å²) in [6, 6.07) is 5.85. The second kappa shape index (κ2) is 8.03. The van der Waals surface area contributed by atoms with Gasteiger partial charge in [0.1, 0.15) is 6.21 Å². The molecule has 146 valence electrons. The van der Waals surface area contributed by atoms with Crippen molar-refractivity contribution in [2.24, 2.45) is 10.9 Å². The third-order valence-electron chi connectivity index (χ3n) is 4.53. The van der Waals surface area contributed by atoms with Gasteiger partial charge in [-0.05, 0) is 5.56 Å². The van der Waals surface area contributed by atoms with Crippen LogP contribution >= 0.6 is 11.8 Å². The number of nitrogens with zero attached hydrogens (tertiary/aromatic N) is 4. The van der Waals surface area contributed by atoms with Gasteiger partial charge in [-0.3, -0.25) is 14.9 Å². The van der Waals surface area contributed by atoms with Crippen LogP contribution < -0.4 is 0 Å². The number of hydrogen-bond acceptors (Lipinski definition) is 7. The monoisotopic (exact) mass is 403 g/mol. The fourth-order valence-electron chi connectivity index (χ4n) is 3.01. The zero-order valence-electron chi connectivity index (χ0n) is 15.6. The molecule has 1 unspecified atom stereocenters. The number of nitro benzene ring substituents is 1. The Hall–Kier alpha value is -2.85. The first-order chi connectivity index (χ1) is 13.3. The minimum atomic E-state index is -0.675. The summed E-state index contributed by atoms with van der Waals surface area (Å²) in [6.07, 6.45) is 1.62. The first-order valence-corrected chi connectivity index (χ1v) is 9.38. The molecule has 0 saturated carbocycles. The van der Waals surface area contributed by atoms with Crippen molar-refractivity contribution >= 4 is 41.4 Å². The van der Waals surface area contributed by atoms with Crippen LogP contribution in [0.1, 0.15) is 5.56 Å². The van der Waals surface area contributed by atoms with E-state index in [1.54, 1.807) is 32.5 Å². The number of carbonyl (C=O) groups excluding carboxylic acids is 2. The Balaban J connectivity index is 1.92. The smallest absolute Gasteiger partial charge is 0.380 e. The molecule has 2 aliphatic rings. The summed E-state index contributed by atoms with van der Waals surface area (Å²) < 4.78 is 6.62. The minimum Gasteiger partial charge on any atom is -0.380 e. The number of carbonyl (C=O) groups is 2. The van der Waals surface area contributed by atoms with Crippen LogP contribution in [0.4, 0.5) is 10.5 Å². The van der Waals surface area contributed by atoms with Crippen molar-refractivity contribution in [3.63, 3.8) is 0 Å². The topological polar surface area (TPSA) is 105 Å². The van der Waals surface area contributed by atoms with Crippen LogP contribution in [0.3, 0.4) is 0 Å². The summed E-state index contributed by atoms with van der Waals surface area (Å²) in [4.78, 5) is 41.6. The largest absolute Gasteiger partial charge is 0.445 e. The lowest BCUT2D eigenvalue weighted by molar-refractivity contribution is -0.407. The van der Waals surface area contributed by atoms with E-state index in [9.17, 15) is 19.7 Å². The zero-order chi connectivity index (χ0) is 20.4. The number of nitro groups is 1. The third kappa shape index (κ3) is 3.60. The van der Waals surface area contributed by atoms with Gasteiger partial charge >= 0.3 is 11.9 Å². The van der Waals surface area contributed by atoms with Gasteiger partial charge in [-0.15, -0.1) is 16.8 Å². The van der Waals surface area contributed by atoms with E-state index in [1.165, 1.54) is 35.5 Å². The Morgan fingerprint density at radius 2 is 2.00 bits per heavy atom. The molecule has 0 N–H and O–H groups in total. The molecule has 1 aromatic rings. The second-order valence-electron chi connectivity index (χ2n) is 6.32. The highest BCUT2D eigenvalue weighted by molar-refractivity contribution is 8.02. The molecular weight excluding hydrogens is 384 g/mol. The second-order valence-corrected chi connectivity index (χ2v) is 7.34. The van der Waals surface area contributed by atoms with Gasteiger partial charge in [-0.25, -0.2) is 4.79 Å². The van der Waals surface area contributed by atoms with Crippen molar-refractivity contribution in [2.75, 3.05) is 27.8 Å². The van der Waals surface area contributed by atoms with E-state index in [0.717, 1.165) is 20.9 Å². The number of methoxy groups -OCH3 is 1. The number of benzene rings is 1. The summed E-state index contributed by atoms with van der Waals surface area (Å²) in [7, 11) is 4.60. The molecule has 0 bridgehead atoms. The first kappa shape index (κ1) is 19.9. The normalized spacial score (nSPS) is 19.4. The fourth-order valence-corrected chi connectivity index (χ4v) is 4.20. The molecule has 10 heteroatoms. The van der Waals surface area contributed by atoms with Gasteiger partial charge in [0.05, 0.1) is 25.6 Å². The van der Waals surface area contributed by atoms with Crippen molar-refractivity contribution < 1.29 is 23.8 Å². The molecule has 1 atom stereocenters. The van der Waals surface area contributed by atoms with E-state index < -0.39 is 16.9 Å². The molecule has 9 nitrogen and oxygen atoms in total. The van der Waals surface area contributed by atoms with Crippen molar-refractivity contribution in [1.82, 2.24) is 4.90 Å². The van der Waals surface area contributed by atoms with Crippen molar-refractivity contribution in [2.45, 2.75) is 5.75 Å². The number of fused-ring (bicyclic) bond motifs is 1. The van der Waals surface area contributed by atoms with Gasteiger partial charge in [-0.1, -0.05) is 12.1 Å². The number of aliphatic imine (C=N–C) groups is 1. The molecule has 0 fully saturated rings. The number of rotatable bonds is 6. The highest BCUT2D eigenvalue weighted by atomic mass is 32.2. The maximum atomic E-state index is 12.8. The van der Waals surface area contributed by atoms with Crippen LogP contribution in [0, 0.1) is 16.0 Å². The SMILES string of the molecule is COCC1=C(SCc2ccc([N+](=O)[O-])cc2)C2C(=O)N(C)C(=O)[N+](C)=C2N=C1. The molecule has 0 aromatic heterocycles. The predicted molar refractivity (Wildman–Crippen MR) is 105 cm³/mol. The first-order valence-electron chi connectivity index (χ1n) is 8.39. The number of amides is 3. The third-order valence-corrected chi connectivity index (χ3v) is 5.81. The Labute approximate surface area is 165 Å². The maximum absolute atomic E-state index is 12.8. The number of amidine groups is 1. The van der Waals surface area contributed by atoms with Crippen LogP contribution in [0.15, 0.2) is 39.7 Å². The predicted octanol–water partition coefficient (Wildman–Crippen LogP) is 2.06. The number of hydrogen-bond donors (Lipinski definition) is 0. The van der Waals surface area contributed by atoms with E-state index in [1.807, 2.05) is 0 Å². The van der Waals surface area contributed by atoms with Gasteiger partial charge in [0.25, 0.3) is 11.5 Å². The van der Waals surface area contributed by atoms with Gasteiger partial charge in [-0.2, -0.15) is 9.48 Å². The quantitative estimate of drug-likeness (QED) is 0.409. The summed E-state index contributed by atoms with van der Waals surface area (Å²) in [5.41, 5.74) is 1.68. The molecule has 0 aliphatic carbocycles. The molecule has 2 aliphatic heterocycles. The molecule has 3 amide bonds. The van der Waals surface area contributed by atoms with Crippen molar-refractivity contribution in [1.29, 1.82) is 0 Å². The average molecular weight is 403 g/mol. The van der Waals surface area contributed by atoms with Crippen molar-refractivity contribution in [3.8, 4) is 0 Å². The molecule has 3 rings (SSSR count). The number of non-ortho nitro benzene ring substituents is 1. The van der Waals surface area contributed by atoms with E-state index in [0.29, 0.717) is 11.6 Å². The highest BCUT2D eigenvalue weighted by Crippen LogP contribution is 2.36. The Morgan fingerprint density at radius 1 is 1.32 bits per heavy atom. The lowest BCUT2D eigenvalue weighted by Gasteiger charge is -2.28. The zero-order valence-corrected chi connectivity index (χ0v) is 16.4. The van der Waals surface area contributed by atoms with E-state index in [4.69, 9.17) is 4.74 Å². The van der Waals surface area contributed by atoms with Gasteiger partial charge in [0.2, 0.25) is 0 Å². The van der Waals surface area contributed by atoms with Crippen molar-refractivity contribution in [3.05, 3.63) is 50.4 Å². The summed E-state index contributed by atoms with van der Waals surface area (Å²) >= 11 is 1.44.